The molecule has 0 spiro atoms. The second-order valence-electron chi connectivity index (χ2n) is 5.46. The Labute approximate surface area is 155 Å². The Kier molecular flexibility index (Phi) is 4.75. The molecular weight excluding hydrogens is 392 g/mol. The van der Waals surface area contributed by atoms with Crippen LogP contribution in [0.1, 0.15) is 0 Å². The van der Waals surface area contributed by atoms with E-state index < -0.39 is 19.9 Å². The van der Waals surface area contributed by atoms with Crippen molar-refractivity contribution in [3.05, 3.63) is 53.3 Å². The third-order valence-electron chi connectivity index (χ3n) is 3.57. The van der Waals surface area contributed by atoms with Gasteiger partial charge in [0.15, 0.2) is 9.84 Å². The van der Waals surface area contributed by atoms with Gasteiger partial charge in [0.2, 0.25) is 4.80 Å². The average Bonchev–Trinajstić information content (AvgIpc) is 2.91. The van der Waals surface area contributed by atoms with Crippen LogP contribution >= 0.6 is 11.3 Å². The maximum absolute atomic E-state index is 12.5. The molecule has 3 rings (SSSR count). The Balaban J connectivity index is 2.29. The molecule has 1 heterocycles. The molecule has 6 nitrogen and oxygen atoms in total. The van der Waals surface area contributed by atoms with E-state index in [9.17, 15) is 16.8 Å². The first-order chi connectivity index (χ1) is 12.2. The summed E-state index contributed by atoms with van der Waals surface area (Å²) in [7, 11) is -7.29. The lowest BCUT2D eigenvalue weighted by atomic mass is 10.3. The lowest BCUT2D eigenvalue weighted by molar-refractivity contribution is 0.595. The molecule has 0 unspecified atom stereocenters. The van der Waals surface area contributed by atoms with Crippen molar-refractivity contribution in [2.24, 2.45) is 4.40 Å². The molecule has 0 aliphatic carbocycles. The first-order valence-corrected chi connectivity index (χ1v) is 11.5. The van der Waals surface area contributed by atoms with Crippen LogP contribution in [0, 0.1) is 12.3 Å². The van der Waals surface area contributed by atoms with Crippen molar-refractivity contribution in [3.8, 4) is 12.3 Å². The summed E-state index contributed by atoms with van der Waals surface area (Å²) in [5.74, 6) is 2.47. The van der Waals surface area contributed by atoms with E-state index in [0.717, 1.165) is 17.6 Å². The molecule has 0 saturated carbocycles. The summed E-state index contributed by atoms with van der Waals surface area (Å²) >= 11 is 1.07. The van der Waals surface area contributed by atoms with Crippen molar-refractivity contribution in [1.29, 1.82) is 0 Å². The fourth-order valence-corrected chi connectivity index (χ4v) is 5.36. The molecule has 9 heteroatoms. The minimum atomic E-state index is -3.91. The number of benzene rings is 2. The fourth-order valence-electron chi connectivity index (χ4n) is 2.35. The summed E-state index contributed by atoms with van der Waals surface area (Å²) in [4.78, 5) is 0.408. The van der Waals surface area contributed by atoms with Gasteiger partial charge >= 0.3 is 0 Å². The number of sulfonamides is 1. The summed E-state index contributed by atoms with van der Waals surface area (Å²) < 4.78 is 54.7. The first kappa shape index (κ1) is 18.4. The van der Waals surface area contributed by atoms with Crippen LogP contribution in [0.25, 0.3) is 10.2 Å². The highest BCUT2D eigenvalue weighted by molar-refractivity contribution is 7.90. The van der Waals surface area contributed by atoms with Gasteiger partial charge in [-0.05, 0) is 30.3 Å². The zero-order valence-electron chi connectivity index (χ0n) is 13.7. The number of rotatable bonds is 4. The highest BCUT2D eigenvalue weighted by Gasteiger charge is 2.15. The van der Waals surface area contributed by atoms with Gasteiger partial charge in [-0.3, -0.25) is 0 Å². The van der Waals surface area contributed by atoms with Gasteiger partial charge in [-0.15, -0.1) is 10.8 Å². The van der Waals surface area contributed by atoms with Crippen LogP contribution in [0.3, 0.4) is 0 Å². The smallest absolute Gasteiger partial charge is 0.285 e. The molecule has 0 bridgehead atoms. The van der Waals surface area contributed by atoms with Crippen molar-refractivity contribution in [2.45, 2.75) is 16.3 Å². The number of thiazole rings is 1. The van der Waals surface area contributed by atoms with E-state index in [0.29, 0.717) is 10.2 Å². The van der Waals surface area contributed by atoms with Crippen molar-refractivity contribution in [1.82, 2.24) is 4.57 Å². The van der Waals surface area contributed by atoms with E-state index in [4.69, 9.17) is 6.42 Å². The Morgan fingerprint density at radius 2 is 1.77 bits per heavy atom. The fraction of sp³-hybridized carbons (Fsp3) is 0.118. The molecule has 0 fully saturated rings. The SMILES string of the molecule is C#CCn1/c(=N/S(=O)(=O)c2ccccc2)sc2cc(S(C)(=O)=O)ccc21. The molecule has 3 aromatic rings. The quantitative estimate of drug-likeness (QED) is 0.621. The van der Waals surface area contributed by atoms with Crippen LogP contribution in [-0.4, -0.2) is 27.7 Å². The average molecular weight is 407 g/mol. The van der Waals surface area contributed by atoms with Gasteiger partial charge in [0.25, 0.3) is 10.0 Å². The topological polar surface area (TPSA) is 85.6 Å². The van der Waals surface area contributed by atoms with Gasteiger partial charge in [-0.2, -0.15) is 8.42 Å². The maximum Gasteiger partial charge on any atom is 0.285 e. The predicted molar refractivity (Wildman–Crippen MR) is 101 cm³/mol. The summed E-state index contributed by atoms with van der Waals surface area (Å²) in [6.45, 7) is 0.112. The van der Waals surface area contributed by atoms with E-state index in [1.165, 1.54) is 24.3 Å². The van der Waals surface area contributed by atoms with Crippen molar-refractivity contribution < 1.29 is 16.8 Å². The van der Waals surface area contributed by atoms with Gasteiger partial charge in [-0.25, -0.2) is 8.42 Å². The molecule has 0 saturated heterocycles. The number of sulfone groups is 1. The molecule has 134 valence electrons. The Hall–Kier alpha value is -2.41. The molecule has 2 aromatic carbocycles. The predicted octanol–water partition coefficient (Wildman–Crippen LogP) is 2.03. The Morgan fingerprint density at radius 1 is 1.08 bits per heavy atom. The minimum absolute atomic E-state index is 0.0709. The number of hydrogen-bond donors (Lipinski definition) is 0. The standard InChI is InChI=1S/C17H14N2O4S3/c1-3-11-19-15-10-9-14(25(2,20)21)12-16(15)24-17(19)18-26(22,23)13-7-5-4-6-8-13/h1,4-10,12H,11H2,2H3/b18-17-. The van der Waals surface area contributed by atoms with Crippen LogP contribution in [-0.2, 0) is 26.4 Å². The lowest BCUT2D eigenvalue weighted by Gasteiger charge is -2.02. The highest BCUT2D eigenvalue weighted by atomic mass is 32.2. The molecule has 0 aliphatic rings. The van der Waals surface area contributed by atoms with E-state index in [2.05, 4.69) is 10.3 Å². The van der Waals surface area contributed by atoms with Crippen molar-refractivity contribution in [3.63, 3.8) is 0 Å². The van der Waals surface area contributed by atoms with Gasteiger partial charge in [0, 0.05) is 6.26 Å². The second kappa shape index (κ2) is 6.72. The minimum Gasteiger partial charge on any atom is -0.304 e. The Bertz CT molecular complexity index is 1290. The lowest BCUT2D eigenvalue weighted by Crippen LogP contribution is -2.16. The van der Waals surface area contributed by atoms with Crippen LogP contribution < -0.4 is 4.80 Å². The third-order valence-corrected chi connectivity index (χ3v) is 7.12. The second-order valence-corrected chi connectivity index (χ2v) is 10.1. The first-order valence-electron chi connectivity index (χ1n) is 7.35. The van der Waals surface area contributed by atoms with Crippen LogP contribution in [0.4, 0.5) is 0 Å². The highest BCUT2D eigenvalue weighted by Crippen LogP contribution is 2.22. The van der Waals surface area contributed by atoms with Gasteiger partial charge in [0.05, 0.1) is 26.6 Å². The van der Waals surface area contributed by atoms with E-state index in [-0.39, 0.29) is 21.1 Å². The van der Waals surface area contributed by atoms with Crippen LogP contribution in [0.15, 0.2) is 62.7 Å². The molecule has 0 aliphatic heterocycles. The molecule has 0 N–H and O–H groups in total. The third kappa shape index (κ3) is 3.58. The summed E-state index contributed by atoms with van der Waals surface area (Å²) in [6.07, 6.45) is 6.51. The van der Waals surface area contributed by atoms with Gasteiger partial charge in [0.1, 0.15) is 0 Å². The number of terminal acetylenes is 1. The van der Waals surface area contributed by atoms with E-state index in [1.54, 1.807) is 28.8 Å². The van der Waals surface area contributed by atoms with Crippen LogP contribution in [0.5, 0.6) is 0 Å². The zero-order chi connectivity index (χ0) is 18.9. The number of hydrogen-bond acceptors (Lipinski definition) is 5. The van der Waals surface area contributed by atoms with Gasteiger partial charge < -0.3 is 4.57 Å². The summed E-state index contributed by atoms with van der Waals surface area (Å²) in [5.41, 5.74) is 0.627. The van der Waals surface area contributed by atoms with Crippen molar-refractivity contribution in [2.75, 3.05) is 6.26 Å². The summed E-state index contributed by atoms with van der Waals surface area (Å²) in [6, 6.07) is 12.4. The van der Waals surface area contributed by atoms with Gasteiger partial charge in [-0.1, -0.05) is 35.5 Å². The molecule has 0 amide bonds. The normalized spacial score (nSPS) is 13.0. The number of aromatic nitrogens is 1. The maximum atomic E-state index is 12.5. The molecule has 1 aromatic heterocycles. The molecule has 0 atom stereocenters. The zero-order valence-corrected chi connectivity index (χ0v) is 16.1. The van der Waals surface area contributed by atoms with Crippen LogP contribution in [0.2, 0.25) is 0 Å². The largest absolute Gasteiger partial charge is 0.304 e. The number of nitrogens with zero attached hydrogens (tertiary/aromatic N) is 2. The number of fused-ring (bicyclic) bond motifs is 1. The molecule has 26 heavy (non-hydrogen) atoms. The molecular formula is C17H14N2O4S3. The van der Waals surface area contributed by atoms with E-state index >= 15 is 0 Å². The summed E-state index contributed by atoms with van der Waals surface area (Å²) in [5, 5.41) is 0. The monoisotopic (exact) mass is 406 g/mol. The van der Waals surface area contributed by atoms with Crippen molar-refractivity contribution >= 4 is 41.4 Å². The Morgan fingerprint density at radius 3 is 2.38 bits per heavy atom. The van der Waals surface area contributed by atoms with E-state index in [1.807, 2.05) is 0 Å². The molecule has 0 radical (unpaired) electrons.